The molecule has 0 aliphatic rings. The van der Waals surface area contributed by atoms with Crippen LogP contribution in [-0.4, -0.2) is 10.9 Å². The van der Waals surface area contributed by atoms with Gasteiger partial charge >= 0.3 is 0 Å². The summed E-state index contributed by atoms with van der Waals surface area (Å²) in [6, 6.07) is 20.2. The van der Waals surface area contributed by atoms with Crippen LogP contribution in [0.2, 0.25) is 15.1 Å². The number of aromatic nitrogens is 1. The van der Waals surface area contributed by atoms with E-state index in [-0.39, 0.29) is 5.91 Å². The maximum atomic E-state index is 13.4. The zero-order chi connectivity index (χ0) is 19.7. The lowest BCUT2D eigenvalue weighted by molar-refractivity contribution is 0.0985. The first-order chi connectivity index (χ1) is 13.5. The van der Waals surface area contributed by atoms with Crippen LogP contribution in [0.25, 0.3) is 10.2 Å². The average Bonchev–Trinajstić information content (AvgIpc) is 3.12. The Morgan fingerprint density at radius 1 is 0.929 bits per heavy atom. The van der Waals surface area contributed by atoms with Gasteiger partial charge in [0.25, 0.3) is 5.91 Å². The Morgan fingerprint density at radius 2 is 1.71 bits per heavy atom. The molecule has 0 radical (unpaired) electrons. The SMILES string of the molecule is O=C(c1ccc(Cl)cc1Cl)N(Cc1ccccc1)c1nc2c(Cl)cccc2s1. The van der Waals surface area contributed by atoms with Crippen LogP contribution in [0.4, 0.5) is 5.13 Å². The lowest BCUT2D eigenvalue weighted by Crippen LogP contribution is -2.30. The summed E-state index contributed by atoms with van der Waals surface area (Å²) in [6.45, 7) is 0.357. The number of fused-ring (bicyclic) bond motifs is 1. The Morgan fingerprint density at radius 3 is 2.43 bits per heavy atom. The summed E-state index contributed by atoms with van der Waals surface area (Å²) >= 11 is 20.0. The van der Waals surface area contributed by atoms with E-state index in [4.69, 9.17) is 34.8 Å². The topological polar surface area (TPSA) is 33.2 Å². The molecule has 0 aliphatic carbocycles. The zero-order valence-corrected chi connectivity index (χ0v) is 17.5. The summed E-state index contributed by atoms with van der Waals surface area (Å²) in [6.07, 6.45) is 0. The molecular formula is C21H13Cl3N2OS. The number of amides is 1. The summed E-state index contributed by atoms with van der Waals surface area (Å²) in [5.41, 5.74) is 2.02. The number of carbonyl (C=O) groups excluding carboxylic acids is 1. The highest BCUT2D eigenvalue weighted by Gasteiger charge is 2.24. The Kier molecular flexibility index (Phi) is 5.56. The molecule has 0 aliphatic heterocycles. The van der Waals surface area contributed by atoms with E-state index in [2.05, 4.69) is 4.98 Å². The van der Waals surface area contributed by atoms with E-state index in [1.807, 2.05) is 42.5 Å². The number of carbonyl (C=O) groups is 1. The van der Waals surface area contributed by atoms with Gasteiger partial charge in [0.1, 0.15) is 5.52 Å². The van der Waals surface area contributed by atoms with Gasteiger partial charge in [-0.25, -0.2) is 4.98 Å². The normalized spacial score (nSPS) is 11.0. The monoisotopic (exact) mass is 446 g/mol. The van der Waals surface area contributed by atoms with Crippen LogP contribution >= 0.6 is 46.1 Å². The van der Waals surface area contributed by atoms with Gasteiger partial charge in [0.05, 0.1) is 26.9 Å². The third-order valence-electron chi connectivity index (χ3n) is 4.18. The number of hydrogen-bond donors (Lipinski definition) is 0. The van der Waals surface area contributed by atoms with E-state index in [1.165, 1.54) is 11.3 Å². The van der Waals surface area contributed by atoms with Crippen molar-refractivity contribution in [1.82, 2.24) is 4.98 Å². The molecule has 0 N–H and O–H groups in total. The van der Waals surface area contributed by atoms with Crippen LogP contribution in [0.15, 0.2) is 66.7 Å². The highest BCUT2D eigenvalue weighted by Crippen LogP contribution is 2.35. The number of rotatable bonds is 4. The fraction of sp³-hybridized carbons (Fsp3) is 0.0476. The summed E-state index contributed by atoms with van der Waals surface area (Å²) in [5.74, 6) is -0.249. The van der Waals surface area contributed by atoms with E-state index < -0.39 is 0 Å². The van der Waals surface area contributed by atoms with Gasteiger partial charge in [-0.05, 0) is 35.9 Å². The van der Waals surface area contributed by atoms with Gasteiger partial charge in [-0.3, -0.25) is 9.69 Å². The number of halogens is 3. The van der Waals surface area contributed by atoms with Crippen LogP contribution in [0, 0.1) is 0 Å². The van der Waals surface area contributed by atoms with Crippen LogP contribution in [0.5, 0.6) is 0 Å². The summed E-state index contributed by atoms with van der Waals surface area (Å²) < 4.78 is 0.913. The molecule has 4 aromatic rings. The molecule has 1 amide bonds. The van der Waals surface area contributed by atoms with Crippen molar-refractivity contribution in [2.75, 3.05) is 4.90 Å². The molecule has 0 spiro atoms. The van der Waals surface area contributed by atoms with E-state index >= 15 is 0 Å². The fourth-order valence-corrected chi connectivity index (χ4v) is 4.57. The Balaban J connectivity index is 1.80. The van der Waals surface area contributed by atoms with Crippen molar-refractivity contribution in [2.45, 2.75) is 6.54 Å². The molecule has 0 unspecified atom stereocenters. The minimum absolute atomic E-state index is 0.249. The van der Waals surface area contributed by atoms with Crippen molar-refractivity contribution in [3.05, 3.63) is 92.9 Å². The maximum absolute atomic E-state index is 13.4. The average molecular weight is 448 g/mol. The number of nitrogens with zero attached hydrogens (tertiary/aromatic N) is 2. The van der Waals surface area contributed by atoms with Gasteiger partial charge in [0.2, 0.25) is 0 Å². The third kappa shape index (κ3) is 3.87. The molecule has 0 fully saturated rings. The minimum atomic E-state index is -0.249. The zero-order valence-electron chi connectivity index (χ0n) is 14.4. The van der Waals surface area contributed by atoms with Gasteiger partial charge in [0.15, 0.2) is 5.13 Å². The number of hydrogen-bond acceptors (Lipinski definition) is 3. The fourth-order valence-electron chi connectivity index (χ4n) is 2.82. The van der Waals surface area contributed by atoms with Gasteiger partial charge < -0.3 is 0 Å². The van der Waals surface area contributed by atoms with E-state index in [0.29, 0.717) is 37.8 Å². The van der Waals surface area contributed by atoms with E-state index in [9.17, 15) is 4.79 Å². The number of anilines is 1. The molecule has 1 aromatic heterocycles. The van der Waals surface area contributed by atoms with Crippen LogP contribution < -0.4 is 4.90 Å². The molecular weight excluding hydrogens is 435 g/mol. The molecule has 0 bridgehead atoms. The second-order valence-electron chi connectivity index (χ2n) is 6.08. The van der Waals surface area contributed by atoms with Crippen LogP contribution in [0.1, 0.15) is 15.9 Å². The molecule has 28 heavy (non-hydrogen) atoms. The standard InChI is InChI=1S/C21H13Cl3N2OS/c22-14-9-10-15(17(24)11-14)20(27)26(12-13-5-2-1-3-6-13)21-25-19-16(23)7-4-8-18(19)28-21/h1-11H,12H2. The quantitative estimate of drug-likeness (QED) is 0.334. The summed E-state index contributed by atoms with van der Waals surface area (Å²) in [4.78, 5) is 19.6. The predicted octanol–water partition coefficient (Wildman–Crippen LogP) is 7.10. The Hall–Kier alpha value is -2.11. The molecule has 3 nitrogen and oxygen atoms in total. The summed E-state index contributed by atoms with van der Waals surface area (Å²) in [5, 5.41) is 1.89. The smallest absolute Gasteiger partial charge is 0.261 e. The molecule has 7 heteroatoms. The molecule has 0 atom stereocenters. The van der Waals surface area contributed by atoms with Gasteiger partial charge in [-0.2, -0.15) is 0 Å². The largest absolute Gasteiger partial charge is 0.279 e. The molecule has 0 saturated heterocycles. The first-order valence-electron chi connectivity index (χ1n) is 8.39. The van der Waals surface area contributed by atoms with Gasteiger partial charge in [-0.1, -0.05) is 82.5 Å². The van der Waals surface area contributed by atoms with Gasteiger partial charge in [0, 0.05) is 5.02 Å². The second kappa shape index (κ2) is 8.10. The first kappa shape index (κ1) is 19.2. The van der Waals surface area contributed by atoms with Crippen molar-refractivity contribution in [2.24, 2.45) is 0 Å². The highest BCUT2D eigenvalue weighted by atomic mass is 35.5. The number of benzene rings is 3. The van der Waals surface area contributed by atoms with Crippen LogP contribution in [-0.2, 0) is 6.54 Å². The maximum Gasteiger partial charge on any atom is 0.261 e. The van der Waals surface area contributed by atoms with Gasteiger partial charge in [-0.15, -0.1) is 0 Å². The first-order valence-corrected chi connectivity index (χ1v) is 10.3. The lowest BCUT2D eigenvalue weighted by atomic mass is 10.1. The van der Waals surface area contributed by atoms with Crippen molar-refractivity contribution >= 4 is 67.4 Å². The lowest BCUT2D eigenvalue weighted by Gasteiger charge is -2.20. The Bertz CT molecular complexity index is 1160. The molecule has 1 heterocycles. The highest BCUT2D eigenvalue weighted by molar-refractivity contribution is 7.22. The molecule has 140 valence electrons. The number of para-hydroxylation sites is 1. The summed E-state index contributed by atoms with van der Waals surface area (Å²) in [7, 11) is 0. The second-order valence-corrected chi connectivity index (χ2v) is 8.34. The van der Waals surface area contributed by atoms with E-state index in [1.54, 1.807) is 29.2 Å². The Labute approximate surface area is 181 Å². The number of thiazole rings is 1. The van der Waals surface area contributed by atoms with Crippen molar-refractivity contribution in [3.8, 4) is 0 Å². The van der Waals surface area contributed by atoms with Crippen molar-refractivity contribution in [1.29, 1.82) is 0 Å². The van der Waals surface area contributed by atoms with E-state index in [0.717, 1.165) is 10.3 Å². The van der Waals surface area contributed by atoms with Crippen LogP contribution in [0.3, 0.4) is 0 Å². The van der Waals surface area contributed by atoms with Crippen molar-refractivity contribution < 1.29 is 4.79 Å². The van der Waals surface area contributed by atoms with Crippen molar-refractivity contribution in [3.63, 3.8) is 0 Å². The molecule has 4 rings (SSSR count). The minimum Gasteiger partial charge on any atom is -0.279 e. The molecule has 3 aromatic carbocycles. The predicted molar refractivity (Wildman–Crippen MR) is 118 cm³/mol. The third-order valence-corrected chi connectivity index (χ3v) is 6.08. The molecule has 0 saturated carbocycles.